The van der Waals surface area contributed by atoms with Crippen LogP contribution in [0.15, 0.2) is 54.6 Å². The van der Waals surface area contributed by atoms with Gasteiger partial charge in [0.1, 0.15) is 5.82 Å². The number of hydrogen-bond donors (Lipinski definition) is 0. The van der Waals surface area contributed by atoms with E-state index in [1.54, 1.807) is 36.7 Å². The van der Waals surface area contributed by atoms with Crippen LogP contribution in [0.3, 0.4) is 0 Å². The van der Waals surface area contributed by atoms with Gasteiger partial charge in [0.05, 0.1) is 40.2 Å². The summed E-state index contributed by atoms with van der Waals surface area (Å²) in [5.41, 5.74) is 2.57. The number of halogens is 2. The minimum Gasteiger partial charge on any atom is -0.331 e. The van der Waals surface area contributed by atoms with Crippen LogP contribution in [0.2, 0.25) is 0 Å². The summed E-state index contributed by atoms with van der Waals surface area (Å²) in [4.78, 5) is 31.3. The number of hydrogen-bond acceptors (Lipinski definition) is 4. The zero-order valence-corrected chi connectivity index (χ0v) is 17.8. The number of amides is 1. The van der Waals surface area contributed by atoms with Crippen LogP contribution in [0.4, 0.5) is 8.78 Å². The normalized spacial score (nSPS) is 11.3. The molecule has 0 saturated carbocycles. The van der Waals surface area contributed by atoms with Crippen molar-refractivity contribution in [3.8, 4) is 5.69 Å². The number of imidazole rings is 1. The van der Waals surface area contributed by atoms with Crippen LogP contribution < -0.4 is 0 Å². The molecule has 0 aliphatic carbocycles. The Morgan fingerprint density at radius 2 is 1.69 bits per heavy atom. The number of carbonyl (C=O) groups excluding carboxylic acids is 2. The molecule has 32 heavy (non-hydrogen) atoms. The third-order valence-corrected chi connectivity index (χ3v) is 5.30. The molecule has 0 aliphatic heterocycles. The van der Waals surface area contributed by atoms with Crippen molar-refractivity contribution in [1.29, 1.82) is 0 Å². The molecule has 7 nitrogen and oxygen atoms in total. The summed E-state index contributed by atoms with van der Waals surface area (Å²) in [7, 11) is 1.39. The Balaban J connectivity index is 1.62. The molecule has 0 radical (unpaired) electrons. The van der Waals surface area contributed by atoms with Crippen molar-refractivity contribution >= 4 is 22.7 Å². The maximum atomic E-state index is 13.7. The first-order valence-electron chi connectivity index (χ1n) is 9.95. The van der Waals surface area contributed by atoms with E-state index in [0.717, 1.165) is 15.2 Å². The van der Waals surface area contributed by atoms with E-state index in [4.69, 9.17) is 0 Å². The lowest BCUT2D eigenvalue weighted by Gasteiger charge is -2.17. The highest BCUT2D eigenvalue weighted by Gasteiger charge is 2.29. The van der Waals surface area contributed by atoms with Crippen LogP contribution in [0.25, 0.3) is 16.7 Å². The fourth-order valence-corrected chi connectivity index (χ4v) is 3.78. The van der Waals surface area contributed by atoms with Crippen molar-refractivity contribution in [3.05, 3.63) is 77.4 Å². The molecule has 9 heteroatoms. The van der Waals surface area contributed by atoms with Crippen molar-refractivity contribution in [2.24, 2.45) is 0 Å². The first-order valence-corrected chi connectivity index (χ1v) is 9.95. The minimum absolute atomic E-state index is 0.00160. The standard InChI is InChI=1S/C23H21F2N5O2/c1-14-20(15(2)30(27-14)16-9-5-4-6-10-16)21(31)22(32)28(3)13-19-26-17-11-7-8-12-18(17)29(19)23(24)25/h4-12,23H,13H2,1-3H3. The van der Waals surface area contributed by atoms with E-state index in [-0.39, 0.29) is 23.4 Å². The Hall–Kier alpha value is -3.88. The number of nitrogens with zero attached hydrogens (tertiary/aromatic N) is 5. The predicted molar refractivity (Wildman–Crippen MR) is 115 cm³/mol. The zero-order chi connectivity index (χ0) is 23.0. The maximum absolute atomic E-state index is 13.7. The maximum Gasteiger partial charge on any atom is 0.320 e. The summed E-state index contributed by atoms with van der Waals surface area (Å²) in [5.74, 6) is -1.57. The molecule has 4 aromatic rings. The number of aromatic nitrogens is 4. The number of fused-ring (bicyclic) bond motifs is 1. The van der Waals surface area contributed by atoms with Crippen molar-refractivity contribution in [1.82, 2.24) is 24.2 Å². The molecule has 4 rings (SSSR count). The van der Waals surface area contributed by atoms with Gasteiger partial charge in [-0.05, 0) is 38.1 Å². The Labute approximate surface area is 182 Å². The lowest BCUT2D eigenvalue weighted by atomic mass is 10.1. The van der Waals surface area contributed by atoms with Crippen molar-refractivity contribution < 1.29 is 18.4 Å². The average molecular weight is 437 g/mol. The first kappa shape index (κ1) is 21.4. The molecular weight excluding hydrogens is 416 g/mol. The van der Waals surface area contributed by atoms with Gasteiger partial charge in [-0.15, -0.1) is 0 Å². The topological polar surface area (TPSA) is 73.0 Å². The summed E-state index contributed by atoms with van der Waals surface area (Å²) >= 11 is 0. The summed E-state index contributed by atoms with van der Waals surface area (Å²) in [6, 6.07) is 15.7. The monoisotopic (exact) mass is 437 g/mol. The Kier molecular flexibility index (Phi) is 5.56. The molecule has 0 spiro atoms. The number of likely N-dealkylation sites (N-methyl/N-ethyl adjacent to an activating group) is 1. The summed E-state index contributed by atoms with van der Waals surface area (Å²) < 4.78 is 29.7. The van der Waals surface area contributed by atoms with Crippen molar-refractivity contribution in [2.75, 3.05) is 7.05 Å². The fourth-order valence-electron chi connectivity index (χ4n) is 3.78. The molecule has 164 valence electrons. The highest BCUT2D eigenvalue weighted by atomic mass is 19.3. The van der Waals surface area contributed by atoms with Crippen LogP contribution >= 0.6 is 0 Å². The third kappa shape index (κ3) is 3.66. The second-order valence-electron chi connectivity index (χ2n) is 7.45. The smallest absolute Gasteiger partial charge is 0.320 e. The minimum atomic E-state index is -2.83. The first-order chi connectivity index (χ1) is 15.3. The Morgan fingerprint density at radius 1 is 1.03 bits per heavy atom. The molecule has 0 aliphatic rings. The molecule has 0 saturated heterocycles. The number of benzene rings is 2. The van der Waals surface area contributed by atoms with Crippen molar-refractivity contribution in [3.63, 3.8) is 0 Å². The van der Waals surface area contributed by atoms with Gasteiger partial charge in [-0.2, -0.15) is 13.9 Å². The number of Topliss-reactive ketones (excluding diaryl/α,β-unsaturated/α-hetero) is 1. The molecule has 0 N–H and O–H groups in total. The Morgan fingerprint density at radius 3 is 2.38 bits per heavy atom. The number of ketones is 1. The molecule has 2 aromatic carbocycles. The SMILES string of the molecule is Cc1nn(-c2ccccc2)c(C)c1C(=O)C(=O)N(C)Cc1nc2ccccc2n1C(F)F. The van der Waals surface area contributed by atoms with Gasteiger partial charge in [-0.1, -0.05) is 30.3 Å². The van der Waals surface area contributed by atoms with Gasteiger partial charge in [0.25, 0.3) is 11.7 Å². The molecule has 2 aromatic heterocycles. The van der Waals surface area contributed by atoms with Gasteiger partial charge < -0.3 is 4.90 Å². The summed E-state index contributed by atoms with van der Waals surface area (Å²) in [6.45, 7) is 0.298. The van der Waals surface area contributed by atoms with E-state index in [1.807, 2.05) is 30.3 Å². The number of alkyl halides is 2. The van der Waals surface area contributed by atoms with Gasteiger partial charge in [-0.25, -0.2) is 9.67 Å². The van der Waals surface area contributed by atoms with Crippen LogP contribution in [0, 0.1) is 13.8 Å². The largest absolute Gasteiger partial charge is 0.331 e. The Bertz CT molecular complexity index is 1310. The summed E-state index contributed by atoms with van der Waals surface area (Å²) in [5, 5.41) is 4.40. The second-order valence-corrected chi connectivity index (χ2v) is 7.45. The van der Waals surface area contributed by atoms with Crippen LogP contribution in [-0.4, -0.2) is 43.0 Å². The third-order valence-electron chi connectivity index (χ3n) is 5.30. The van der Waals surface area contributed by atoms with Crippen LogP contribution in [0.1, 0.15) is 34.1 Å². The van der Waals surface area contributed by atoms with E-state index in [1.165, 1.54) is 13.1 Å². The lowest BCUT2D eigenvalue weighted by Crippen LogP contribution is -2.34. The van der Waals surface area contributed by atoms with Gasteiger partial charge in [0.2, 0.25) is 0 Å². The van der Waals surface area contributed by atoms with Gasteiger partial charge >= 0.3 is 6.55 Å². The van der Waals surface area contributed by atoms with Crippen molar-refractivity contribution in [2.45, 2.75) is 26.9 Å². The van der Waals surface area contributed by atoms with Gasteiger partial charge in [0.15, 0.2) is 0 Å². The quantitative estimate of drug-likeness (QED) is 0.337. The molecule has 0 atom stereocenters. The second kappa shape index (κ2) is 8.33. The van der Waals surface area contributed by atoms with Gasteiger partial charge in [-0.3, -0.25) is 14.2 Å². The predicted octanol–water partition coefficient (Wildman–Crippen LogP) is 4.08. The molecule has 1 amide bonds. The highest BCUT2D eigenvalue weighted by Crippen LogP contribution is 2.24. The van der Waals surface area contributed by atoms with Crippen LogP contribution in [-0.2, 0) is 11.3 Å². The molecular formula is C23H21F2N5O2. The number of rotatable bonds is 6. The summed E-state index contributed by atoms with van der Waals surface area (Å²) in [6.07, 6.45) is 0. The van der Waals surface area contributed by atoms with E-state index in [9.17, 15) is 18.4 Å². The lowest BCUT2D eigenvalue weighted by molar-refractivity contribution is -0.125. The number of para-hydroxylation sites is 3. The average Bonchev–Trinajstić information content (AvgIpc) is 3.29. The fraction of sp³-hybridized carbons (Fsp3) is 0.217. The number of aryl methyl sites for hydroxylation is 1. The van der Waals surface area contributed by atoms with Crippen LogP contribution in [0.5, 0.6) is 0 Å². The van der Waals surface area contributed by atoms with E-state index >= 15 is 0 Å². The van der Waals surface area contributed by atoms with E-state index in [2.05, 4.69) is 10.1 Å². The number of carbonyl (C=O) groups is 2. The van der Waals surface area contributed by atoms with Gasteiger partial charge in [0, 0.05) is 7.05 Å². The highest BCUT2D eigenvalue weighted by molar-refractivity contribution is 6.43. The molecule has 0 fully saturated rings. The van der Waals surface area contributed by atoms with E-state index < -0.39 is 18.2 Å². The molecule has 0 bridgehead atoms. The van der Waals surface area contributed by atoms with E-state index in [0.29, 0.717) is 16.9 Å². The molecule has 2 heterocycles. The molecule has 0 unspecified atom stereocenters. The zero-order valence-electron chi connectivity index (χ0n) is 17.8.